The molecular weight excluding hydrogens is 372 g/mol. The summed E-state index contributed by atoms with van der Waals surface area (Å²) >= 11 is 0. The molecule has 0 aliphatic carbocycles. The van der Waals surface area contributed by atoms with Crippen molar-refractivity contribution >= 4 is 21.9 Å². The SMILES string of the molecule is Cc1cc(=O)oc2ccc(OCc3nc(Cc4ccc5[nH]ncc5c4)no3)cc12. The number of fused-ring (bicyclic) bond motifs is 2. The summed E-state index contributed by atoms with van der Waals surface area (Å²) in [6.45, 7) is 2.00. The normalized spacial score (nSPS) is 11.3. The Labute approximate surface area is 164 Å². The van der Waals surface area contributed by atoms with Crippen LogP contribution in [0.25, 0.3) is 21.9 Å². The Morgan fingerprint density at radius 2 is 2.07 bits per heavy atom. The summed E-state index contributed by atoms with van der Waals surface area (Å²) in [4.78, 5) is 15.8. The molecule has 0 aliphatic rings. The van der Waals surface area contributed by atoms with Crippen molar-refractivity contribution < 1.29 is 13.7 Å². The fraction of sp³-hybridized carbons (Fsp3) is 0.143. The number of hydrogen-bond acceptors (Lipinski definition) is 7. The maximum atomic E-state index is 11.5. The highest BCUT2D eigenvalue weighted by Crippen LogP contribution is 2.23. The van der Waals surface area contributed by atoms with E-state index >= 15 is 0 Å². The Morgan fingerprint density at radius 3 is 3.00 bits per heavy atom. The fourth-order valence-corrected chi connectivity index (χ4v) is 3.24. The molecule has 1 N–H and O–H groups in total. The summed E-state index contributed by atoms with van der Waals surface area (Å²) in [6, 6.07) is 12.8. The minimum atomic E-state index is -0.367. The van der Waals surface area contributed by atoms with Gasteiger partial charge in [-0.25, -0.2) is 4.79 Å². The van der Waals surface area contributed by atoms with Gasteiger partial charge >= 0.3 is 5.63 Å². The third-order valence-electron chi connectivity index (χ3n) is 4.66. The van der Waals surface area contributed by atoms with Gasteiger partial charge in [-0.2, -0.15) is 10.1 Å². The predicted octanol–water partition coefficient (Wildman–Crippen LogP) is 3.53. The van der Waals surface area contributed by atoms with Crippen LogP contribution in [0, 0.1) is 6.92 Å². The molecule has 5 aromatic rings. The van der Waals surface area contributed by atoms with Crippen molar-refractivity contribution in [3.8, 4) is 5.75 Å². The van der Waals surface area contributed by atoms with Crippen LogP contribution in [0.3, 0.4) is 0 Å². The van der Waals surface area contributed by atoms with Crippen LogP contribution in [0.2, 0.25) is 0 Å². The first-order valence-corrected chi connectivity index (χ1v) is 9.05. The topological polar surface area (TPSA) is 107 Å². The predicted molar refractivity (Wildman–Crippen MR) is 105 cm³/mol. The molecule has 0 bridgehead atoms. The van der Waals surface area contributed by atoms with Crippen molar-refractivity contribution in [2.45, 2.75) is 20.0 Å². The van der Waals surface area contributed by atoms with E-state index in [1.54, 1.807) is 18.3 Å². The van der Waals surface area contributed by atoms with Gasteiger partial charge < -0.3 is 13.7 Å². The average molecular weight is 388 g/mol. The van der Waals surface area contributed by atoms with E-state index in [2.05, 4.69) is 20.3 Å². The maximum Gasteiger partial charge on any atom is 0.336 e. The second kappa shape index (κ2) is 6.90. The summed E-state index contributed by atoms with van der Waals surface area (Å²) in [5.74, 6) is 1.60. The third-order valence-corrected chi connectivity index (χ3v) is 4.66. The van der Waals surface area contributed by atoms with Gasteiger partial charge in [0.05, 0.1) is 11.7 Å². The number of aryl methyl sites for hydroxylation is 1. The van der Waals surface area contributed by atoms with E-state index in [0.717, 1.165) is 27.4 Å². The number of rotatable bonds is 5. The molecule has 144 valence electrons. The monoisotopic (exact) mass is 388 g/mol. The van der Waals surface area contributed by atoms with Crippen LogP contribution in [0.1, 0.15) is 22.8 Å². The molecular formula is C21H16N4O4. The zero-order valence-electron chi connectivity index (χ0n) is 15.5. The molecule has 0 aliphatic heterocycles. The summed E-state index contributed by atoms with van der Waals surface area (Å²) in [6.07, 6.45) is 2.34. The Balaban J connectivity index is 1.29. The molecule has 5 rings (SSSR count). The van der Waals surface area contributed by atoms with Crippen LogP contribution < -0.4 is 10.4 Å². The van der Waals surface area contributed by atoms with Crippen molar-refractivity contribution in [1.29, 1.82) is 0 Å². The van der Waals surface area contributed by atoms with Crippen molar-refractivity contribution in [2.24, 2.45) is 0 Å². The zero-order valence-corrected chi connectivity index (χ0v) is 15.5. The number of nitrogens with one attached hydrogen (secondary N) is 1. The van der Waals surface area contributed by atoms with E-state index < -0.39 is 0 Å². The van der Waals surface area contributed by atoms with E-state index in [0.29, 0.717) is 29.5 Å². The van der Waals surface area contributed by atoms with Gasteiger partial charge in [-0.05, 0) is 48.4 Å². The minimum absolute atomic E-state index is 0.148. The number of H-pyrrole nitrogens is 1. The number of aromatic nitrogens is 4. The quantitative estimate of drug-likeness (QED) is 0.459. The molecule has 8 nitrogen and oxygen atoms in total. The average Bonchev–Trinajstić information content (AvgIpc) is 3.35. The van der Waals surface area contributed by atoms with E-state index in [-0.39, 0.29) is 12.2 Å². The standard InChI is InChI=1S/C21H16N4O4/c1-12-6-21(26)28-18-5-3-15(9-16(12)18)27-11-20-23-19(25-29-20)8-13-2-4-17-14(7-13)10-22-24-17/h2-7,9-10H,8,11H2,1H3,(H,22,24). The van der Waals surface area contributed by atoms with Gasteiger partial charge in [-0.1, -0.05) is 11.2 Å². The number of nitrogens with zero attached hydrogens (tertiary/aromatic N) is 3. The molecule has 0 fully saturated rings. The van der Waals surface area contributed by atoms with Gasteiger partial charge in [0.1, 0.15) is 11.3 Å². The van der Waals surface area contributed by atoms with E-state index in [4.69, 9.17) is 13.7 Å². The first kappa shape index (κ1) is 17.2. The fourth-order valence-electron chi connectivity index (χ4n) is 3.24. The molecule has 0 radical (unpaired) electrons. The lowest BCUT2D eigenvalue weighted by molar-refractivity contribution is 0.242. The Bertz CT molecular complexity index is 1380. The lowest BCUT2D eigenvalue weighted by Gasteiger charge is -2.05. The van der Waals surface area contributed by atoms with Gasteiger partial charge in [0.15, 0.2) is 12.4 Å². The first-order chi connectivity index (χ1) is 14.1. The van der Waals surface area contributed by atoms with Crippen LogP contribution in [0.15, 0.2) is 62.4 Å². The molecule has 2 aromatic carbocycles. The molecule has 3 heterocycles. The van der Waals surface area contributed by atoms with Gasteiger partial charge in [-0.15, -0.1) is 0 Å². The first-order valence-electron chi connectivity index (χ1n) is 9.05. The molecule has 8 heteroatoms. The lowest BCUT2D eigenvalue weighted by Crippen LogP contribution is -1.99. The molecule has 29 heavy (non-hydrogen) atoms. The molecule has 0 saturated heterocycles. The van der Waals surface area contributed by atoms with Gasteiger partial charge in [0.2, 0.25) is 0 Å². The number of aromatic amines is 1. The second-order valence-corrected chi connectivity index (χ2v) is 6.77. The zero-order chi connectivity index (χ0) is 19.8. The molecule has 0 unspecified atom stereocenters. The summed E-state index contributed by atoms with van der Waals surface area (Å²) in [5, 5.41) is 12.8. The maximum absolute atomic E-state index is 11.5. The highest BCUT2D eigenvalue weighted by molar-refractivity contribution is 5.81. The van der Waals surface area contributed by atoms with Crippen LogP contribution in [-0.4, -0.2) is 20.3 Å². The largest absolute Gasteiger partial charge is 0.484 e. The highest BCUT2D eigenvalue weighted by Gasteiger charge is 2.10. The van der Waals surface area contributed by atoms with Crippen molar-refractivity contribution in [1.82, 2.24) is 20.3 Å². The molecule has 0 spiro atoms. The summed E-state index contributed by atoms with van der Waals surface area (Å²) in [5.41, 5.74) is 3.04. The van der Waals surface area contributed by atoms with Crippen molar-refractivity contribution in [2.75, 3.05) is 0 Å². The lowest BCUT2D eigenvalue weighted by atomic mass is 10.1. The van der Waals surface area contributed by atoms with Crippen LogP contribution in [-0.2, 0) is 13.0 Å². The van der Waals surface area contributed by atoms with Gasteiger partial charge in [-0.3, -0.25) is 5.10 Å². The second-order valence-electron chi connectivity index (χ2n) is 6.77. The van der Waals surface area contributed by atoms with Crippen LogP contribution in [0.5, 0.6) is 5.75 Å². The van der Waals surface area contributed by atoms with E-state index in [9.17, 15) is 4.79 Å². The van der Waals surface area contributed by atoms with Crippen LogP contribution in [0.4, 0.5) is 0 Å². The number of ether oxygens (including phenoxy) is 1. The summed E-state index contributed by atoms with van der Waals surface area (Å²) < 4.78 is 16.2. The molecule has 0 saturated carbocycles. The molecule has 3 aromatic heterocycles. The van der Waals surface area contributed by atoms with Crippen molar-refractivity contribution in [3.63, 3.8) is 0 Å². The van der Waals surface area contributed by atoms with Gasteiger partial charge in [0.25, 0.3) is 5.89 Å². The summed E-state index contributed by atoms with van der Waals surface area (Å²) in [7, 11) is 0. The van der Waals surface area contributed by atoms with Crippen LogP contribution >= 0.6 is 0 Å². The van der Waals surface area contributed by atoms with E-state index in [1.807, 2.05) is 31.2 Å². The van der Waals surface area contributed by atoms with E-state index in [1.165, 1.54) is 6.07 Å². The molecule has 0 amide bonds. The highest BCUT2D eigenvalue weighted by atomic mass is 16.5. The molecule has 0 atom stereocenters. The Morgan fingerprint density at radius 1 is 1.14 bits per heavy atom. The van der Waals surface area contributed by atoms with Crippen molar-refractivity contribution in [3.05, 3.63) is 81.9 Å². The number of hydrogen-bond donors (Lipinski definition) is 1. The number of benzene rings is 2. The Hall–Kier alpha value is -3.94. The third kappa shape index (κ3) is 3.47. The smallest absolute Gasteiger partial charge is 0.336 e. The Kier molecular flexibility index (Phi) is 4.09. The van der Waals surface area contributed by atoms with Gasteiger partial charge in [0, 0.05) is 23.3 Å². The minimum Gasteiger partial charge on any atom is -0.484 e.